The summed E-state index contributed by atoms with van der Waals surface area (Å²) in [7, 11) is 1.81. The number of nitrogens with zero attached hydrogens (tertiary/aromatic N) is 4. The van der Waals surface area contributed by atoms with Crippen LogP contribution in [0.4, 0.5) is 11.4 Å². The molecule has 0 amide bonds. The Kier molecular flexibility index (Phi) is 6.69. The third kappa shape index (κ3) is 5.00. The van der Waals surface area contributed by atoms with Crippen molar-refractivity contribution in [3.05, 3.63) is 36.9 Å². The van der Waals surface area contributed by atoms with Crippen LogP contribution >= 0.6 is 0 Å². The van der Waals surface area contributed by atoms with Gasteiger partial charge in [0.2, 0.25) is 0 Å². The normalized spacial score (nSPS) is 19.7. The van der Waals surface area contributed by atoms with Crippen LogP contribution in [0.2, 0.25) is 0 Å². The molecule has 3 rings (SSSR count). The van der Waals surface area contributed by atoms with E-state index >= 15 is 0 Å². The molecule has 2 saturated heterocycles. The molecule has 1 aromatic rings. The number of guanidine groups is 1. The molecule has 0 bridgehead atoms. The van der Waals surface area contributed by atoms with Crippen molar-refractivity contribution in [2.75, 3.05) is 63.2 Å². The van der Waals surface area contributed by atoms with Gasteiger partial charge >= 0.3 is 0 Å². The predicted octanol–water partition coefficient (Wildman–Crippen LogP) is 1.52. The molecule has 2 fully saturated rings. The van der Waals surface area contributed by atoms with Crippen LogP contribution in [0.5, 0.6) is 0 Å². The zero-order valence-corrected chi connectivity index (χ0v) is 15.9. The lowest BCUT2D eigenvalue weighted by atomic mass is 10.1. The summed E-state index contributed by atoms with van der Waals surface area (Å²) in [6.07, 6.45) is 1.61. The number of aliphatic imine (C=N–C) groups is 1. The second kappa shape index (κ2) is 9.40. The zero-order chi connectivity index (χ0) is 19.1. The highest BCUT2D eigenvalue weighted by Crippen LogP contribution is 2.21. The number of ether oxygens (including phenoxy) is 1. The summed E-state index contributed by atoms with van der Waals surface area (Å²) in [5, 5.41) is 15.3. The molecular formula is C20H28N6O. The fraction of sp³-hybridized carbons (Fsp3) is 0.500. The van der Waals surface area contributed by atoms with E-state index in [-0.39, 0.29) is 5.92 Å². The predicted molar refractivity (Wildman–Crippen MR) is 109 cm³/mol. The van der Waals surface area contributed by atoms with Gasteiger partial charge in [0.25, 0.3) is 0 Å². The SMILES string of the molecule is C=CC(C#N)C/N=C(\NC)Nc1ccc(N2CCN(C3COC3)CC2)cc1. The van der Waals surface area contributed by atoms with E-state index in [1.54, 1.807) is 6.08 Å². The number of nitrogens with one attached hydrogen (secondary N) is 2. The zero-order valence-electron chi connectivity index (χ0n) is 15.9. The molecule has 2 heterocycles. The van der Waals surface area contributed by atoms with Crippen LogP contribution < -0.4 is 15.5 Å². The van der Waals surface area contributed by atoms with Crippen molar-refractivity contribution in [3.8, 4) is 6.07 Å². The van der Waals surface area contributed by atoms with E-state index in [1.807, 2.05) is 7.05 Å². The van der Waals surface area contributed by atoms with Crippen molar-refractivity contribution in [1.29, 1.82) is 5.26 Å². The molecule has 2 N–H and O–H groups in total. The van der Waals surface area contributed by atoms with Crippen molar-refractivity contribution < 1.29 is 4.74 Å². The minimum atomic E-state index is -0.275. The molecule has 1 aromatic carbocycles. The molecule has 144 valence electrons. The standard InChI is InChI=1S/C20H28N6O/c1-3-16(12-21)13-23-20(22-2)24-17-4-6-18(7-5-17)25-8-10-26(11-9-25)19-14-27-15-19/h3-7,16,19H,1,8-11,13-15H2,2H3,(H2,22,23,24). The van der Waals surface area contributed by atoms with Gasteiger partial charge in [0.05, 0.1) is 37.8 Å². The second-order valence-electron chi connectivity index (χ2n) is 6.80. The van der Waals surface area contributed by atoms with E-state index in [1.165, 1.54) is 5.69 Å². The first-order valence-electron chi connectivity index (χ1n) is 9.41. The maximum atomic E-state index is 8.97. The smallest absolute Gasteiger partial charge is 0.195 e. The minimum absolute atomic E-state index is 0.275. The number of nitriles is 1. The molecule has 7 nitrogen and oxygen atoms in total. The van der Waals surface area contributed by atoms with Gasteiger partial charge in [0, 0.05) is 44.6 Å². The molecule has 0 aromatic heterocycles. The van der Waals surface area contributed by atoms with Crippen LogP contribution in [0.15, 0.2) is 41.9 Å². The van der Waals surface area contributed by atoms with Crippen molar-refractivity contribution in [2.24, 2.45) is 10.9 Å². The Morgan fingerprint density at radius 2 is 2.04 bits per heavy atom. The quantitative estimate of drug-likeness (QED) is 0.450. The first-order chi connectivity index (χ1) is 13.2. The van der Waals surface area contributed by atoms with Crippen LogP contribution in [0.25, 0.3) is 0 Å². The lowest BCUT2D eigenvalue weighted by Gasteiger charge is -2.43. The fourth-order valence-electron chi connectivity index (χ4n) is 3.21. The van der Waals surface area contributed by atoms with E-state index in [0.717, 1.165) is 45.1 Å². The number of benzene rings is 1. The third-order valence-corrected chi connectivity index (χ3v) is 5.08. The Bertz CT molecular complexity index is 683. The first kappa shape index (κ1) is 19.2. The van der Waals surface area contributed by atoms with Crippen molar-refractivity contribution >= 4 is 17.3 Å². The average molecular weight is 368 g/mol. The third-order valence-electron chi connectivity index (χ3n) is 5.08. The van der Waals surface area contributed by atoms with Crippen LogP contribution in [0, 0.1) is 17.2 Å². The van der Waals surface area contributed by atoms with Crippen molar-refractivity contribution in [3.63, 3.8) is 0 Å². The largest absolute Gasteiger partial charge is 0.378 e. The molecule has 0 saturated carbocycles. The van der Waals surface area contributed by atoms with E-state index in [9.17, 15) is 0 Å². The monoisotopic (exact) mass is 368 g/mol. The summed E-state index contributed by atoms with van der Waals surface area (Å²) in [5.74, 6) is 0.365. The Balaban J connectivity index is 1.53. The van der Waals surface area contributed by atoms with Gasteiger partial charge in [-0.25, -0.2) is 0 Å². The van der Waals surface area contributed by atoms with Gasteiger partial charge in [0.1, 0.15) is 0 Å². The Hall–Kier alpha value is -2.56. The van der Waals surface area contributed by atoms with Gasteiger partial charge < -0.3 is 20.3 Å². The Morgan fingerprint density at radius 3 is 2.56 bits per heavy atom. The van der Waals surface area contributed by atoms with Crippen LogP contribution in [-0.4, -0.2) is 69.9 Å². The lowest BCUT2D eigenvalue weighted by molar-refractivity contribution is -0.0660. The van der Waals surface area contributed by atoms with Gasteiger partial charge in [-0.05, 0) is 24.3 Å². The molecule has 0 aliphatic carbocycles. The molecule has 1 atom stereocenters. The van der Waals surface area contributed by atoms with Gasteiger partial charge in [-0.15, -0.1) is 6.58 Å². The van der Waals surface area contributed by atoms with E-state index < -0.39 is 0 Å². The van der Waals surface area contributed by atoms with Crippen molar-refractivity contribution in [2.45, 2.75) is 6.04 Å². The molecule has 7 heteroatoms. The first-order valence-corrected chi connectivity index (χ1v) is 9.41. The van der Waals surface area contributed by atoms with Gasteiger partial charge in [-0.1, -0.05) is 6.08 Å². The highest BCUT2D eigenvalue weighted by Gasteiger charge is 2.28. The topological polar surface area (TPSA) is 75.9 Å². The summed E-state index contributed by atoms with van der Waals surface area (Å²) in [5.41, 5.74) is 2.20. The Labute approximate surface area is 161 Å². The molecule has 0 radical (unpaired) electrons. The number of rotatable bonds is 6. The summed E-state index contributed by atoms with van der Waals surface area (Å²) in [4.78, 5) is 9.36. The number of hydrogen-bond donors (Lipinski definition) is 2. The summed E-state index contributed by atoms with van der Waals surface area (Å²) in [6.45, 7) is 10.1. The lowest BCUT2D eigenvalue weighted by Crippen LogP contribution is -2.56. The van der Waals surface area contributed by atoms with E-state index in [0.29, 0.717) is 18.5 Å². The second-order valence-corrected chi connectivity index (χ2v) is 6.80. The minimum Gasteiger partial charge on any atom is -0.378 e. The van der Waals surface area contributed by atoms with Crippen molar-refractivity contribution in [1.82, 2.24) is 10.2 Å². The average Bonchev–Trinajstić information content (AvgIpc) is 2.67. The van der Waals surface area contributed by atoms with Gasteiger partial charge in [0.15, 0.2) is 5.96 Å². The highest BCUT2D eigenvalue weighted by molar-refractivity contribution is 5.93. The summed E-state index contributed by atoms with van der Waals surface area (Å²) >= 11 is 0. The number of hydrogen-bond acceptors (Lipinski definition) is 5. The van der Waals surface area contributed by atoms with Crippen LogP contribution in [0.3, 0.4) is 0 Å². The van der Waals surface area contributed by atoms with Crippen LogP contribution in [-0.2, 0) is 4.74 Å². The Morgan fingerprint density at radius 1 is 1.33 bits per heavy atom. The molecule has 2 aliphatic heterocycles. The van der Waals surface area contributed by atoms with E-state index in [2.05, 4.69) is 62.3 Å². The van der Waals surface area contributed by atoms with Gasteiger partial charge in [-0.2, -0.15) is 5.26 Å². The molecule has 27 heavy (non-hydrogen) atoms. The fourth-order valence-corrected chi connectivity index (χ4v) is 3.21. The highest BCUT2D eigenvalue weighted by atomic mass is 16.5. The molecule has 2 aliphatic rings. The van der Waals surface area contributed by atoms with E-state index in [4.69, 9.17) is 10.00 Å². The van der Waals surface area contributed by atoms with Crippen LogP contribution in [0.1, 0.15) is 0 Å². The summed E-state index contributed by atoms with van der Waals surface area (Å²) in [6, 6.07) is 11.2. The summed E-state index contributed by atoms with van der Waals surface area (Å²) < 4.78 is 5.30. The molecular weight excluding hydrogens is 340 g/mol. The van der Waals surface area contributed by atoms with Gasteiger partial charge in [-0.3, -0.25) is 9.89 Å². The molecule has 0 spiro atoms. The maximum Gasteiger partial charge on any atom is 0.195 e. The maximum absolute atomic E-state index is 8.97. The number of piperazine rings is 1. The molecule has 1 unspecified atom stereocenters. The number of anilines is 2.